The van der Waals surface area contributed by atoms with Crippen LogP contribution in [0.2, 0.25) is 5.02 Å². The predicted molar refractivity (Wildman–Crippen MR) is 118 cm³/mol. The van der Waals surface area contributed by atoms with Crippen LogP contribution in [0.4, 0.5) is 5.69 Å². The number of hydrogen-bond donors (Lipinski definition) is 2. The Balaban J connectivity index is 2.36. The molecule has 0 aliphatic carbocycles. The van der Waals surface area contributed by atoms with Crippen LogP contribution >= 0.6 is 22.9 Å². The topological polar surface area (TPSA) is 60.8 Å². The van der Waals surface area contributed by atoms with Crippen molar-refractivity contribution < 1.29 is 15.0 Å². The molecule has 1 heterocycles. The van der Waals surface area contributed by atoms with Gasteiger partial charge in [0.2, 0.25) is 0 Å². The van der Waals surface area contributed by atoms with Crippen molar-refractivity contribution in [2.24, 2.45) is 5.41 Å². The second-order valence-corrected chi connectivity index (χ2v) is 8.95. The third-order valence-electron chi connectivity index (χ3n) is 3.94. The van der Waals surface area contributed by atoms with E-state index in [-0.39, 0.29) is 16.0 Å². The number of nitrogens with zero attached hydrogens (tertiary/aromatic N) is 1. The minimum absolute atomic E-state index is 0.0921. The predicted octanol–water partition coefficient (Wildman–Crippen LogP) is 5.74. The molecule has 0 saturated carbocycles. The van der Waals surface area contributed by atoms with Gasteiger partial charge in [0.05, 0.1) is 10.6 Å². The molecule has 0 saturated heterocycles. The molecule has 2 N–H and O–H groups in total. The number of phenolic OH excluding ortho intramolecular Hbond substituents is 1. The van der Waals surface area contributed by atoms with Gasteiger partial charge in [-0.1, -0.05) is 29.5 Å². The van der Waals surface area contributed by atoms with E-state index in [1.165, 1.54) is 17.4 Å². The summed E-state index contributed by atoms with van der Waals surface area (Å²) < 4.78 is 0. The molecule has 0 fully saturated rings. The zero-order chi connectivity index (χ0) is 21.1. The summed E-state index contributed by atoms with van der Waals surface area (Å²) >= 11 is 7.09. The van der Waals surface area contributed by atoms with E-state index in [0.29, 0.717) is 27.7 Å². The van der Waals surface area contributed by atoms with Gasteiger partial charge in [-0.25, -0.2) is 4.79 Å². The van der Waals surface area contributed by atoms with Crippen LogP contribution in [0.1, 0.15) is 47.8 Å². The fraction of sp³-hybridized carbons (Fsp3) is 0.318. The van der Waals surface area contributed by atoms with Crippen molar-refractivity contribution in [2.45, 2.75) is 27.7 Å². The Labute approximate surface area is 175 Å². The maximum atomic E-state index is 11.7. The van der Waals surface area contributed by atoms with Crippen molar-refractivity contribution >= 4 is 40.2 Å². The summed E-state index contributed by atoms with van der Waals surface area (Å²) in [6.07, 6.45) is 1.90. The molecule has 0 atom stereocenters. The molecule has 0 unspecified atom stereocenters. The van der Waals surface area contributed by atoms with Crippen molar-refractivity contribution in [3.63, 3.8) is 0 Å². The van der Waals surface area contributed by atoms with Gasteiger partial charge in [-0.3, -0.25) is 0 Å². The number of thiophene rings is 1. The fourth-order valence-electron chi connectivity index (χ4n) is 2.58. The van der Waals surface area contributed by atoms with E-state index in [4.69, 9.17) is 11.6 Å². The highest BCUT2D eigenvalue weighted by Crippen LogP contribution is 2.33. The number of carbonyl (C=O) groups is 1. The first-order valence-corrected chi connectivity index (χ1v) is 9.97. The largest absolute Gasteiger partial charge is 0.507 e. The van der Waals surface area contributed by atoms with E-state index in [1.54, 1.807) is 12.1 Å². The zero-order valence-electron chi connectivity index (χ0n) is 16.6. The lowest BCUT2D eigenvalue weighted by atomic mass is 9.98. The number of carboxylic acids is 1. The zero-order valence-corrected chi connectivity index (χ0v) is 18.2. The summed E-state index contributed by atoms with van der Waals surface area (Å²) in [4.78, 5) is 14.5. The average Bonchev–Trinajstić information content (AvgIpc) is 3.02. The Kier molecular flexibility index (Phi) is 6.82. The number of anilines is 1. The van der Waals surface area contributed by atoms with Crippen LogP contribution in [0, 0.1) is 17.3 Å². The molecule has 0 bridgehead atoms. The highest BCUT2D eigenvalue weighted by atomic mass is 35.5. The molecule has 2 aromatic rings. The molecule has 28 heavy (non-hydrogen) atoms. The number of allylic oxidation sites excluding steroid dienone is 1. The number of phenols is 1. The van der Waals surface area contributed by atoms with Crippen molar-refractivity contribution in [3.8, 4) is 17.6 Å². The first-order chi connectivity index (χ1) is 13.0. The Hall–Kier alpha value is -2.42. The molecular formula is C22H24ClNO3S. The van der Waals surface area contributed by atoms with Crippen molar-refractivity contribution in [1.82, 2.24) is 0 Å². The molecule has 6 heteroatoms. The molecule has 148 valence electrons. The standard InChI is InChI=1S/C22H24ClNO3S/c1-6-14(17-8-7-15(23)11-19(17)25)13-24(5)18-12-16(9-10-22(2,3)4)28-20(18)21(26)27/h6-8,11-12,25H,13H2,1-5H3,(H,26,27). The van der Waals surface area contributed by atoms with E-state index < -0.39 is 5.97 Å². The highest BCUT2D eigenvalue weighted by Gasteiger charge is 2.20. The van der Waals surface area contributed by atoms with Gasteiger partial charge in [-0.15, -0.1) is 11.3 Å². The van der Waals surface area contributed by atoms with Crippen LogP contribution in [0.3, 0.4) is 0 Å². The number of benzene rings is 1. The molecule has 0 aliphatic heterocycles. The number of aromatic carboxylic acids is 1. The second kappa shape index (κ2) is 8.72. The lowest BCUT2D eigenvalue weighted by Gasteiger charge is -2.21. The Bertz CT molecular complexity index is 974. The summed E-state index contributed by atoms with van der Waals surface area (Å²) in [6.45, 7) is 8.33. The van der Waals surface area contributed by atoms with Crippen LogP contribution in [0.15, 0.2) is 30.3 Å². The van der Waals surface area contributed by atoms with Gasteiger partial charge in [0.1, 0.15) is 10.6 Å². The average molecular weight is 418 g/mol. The smallest absolute Gasteiger partial charge is 0.348 e. The molecule has 2 rings (SSSR count). The van der Waals surface area contributed by atoms with Gasteiger partial charge < -0.3 is 15.1 Å². The normalized spacial score (nSPS) is 11.7. The molecule has 0 radical (unpaired) electrons. The first-order valence-electron chi connectivity index (χ1n) is 8.77. The number of halogens is 1. The van der Waals surface area contributed by atoms with Gasteiger partial charge in [0.25, 0.3) is 0 Å². The van der Waals surface area contributed by atoms with E-state index >= 15 is 0 Å². The van der Waals surface area contributed by atoms with Crippen LogP contribution in [-0.2, 0) is 0 Å². The Morgan fingerprint density at radius 2 is 2.00 bits per heavy atom. The number of hydrogen-bond acceptors (Lipinski definition) is 4. The van der Waals surface area contributed by atoms with Gasteiger partial charge in [-0.2, -0.15) is 0 Å². The molecule has 4 nitrogen and oxygen atoms in total. The monoisotopic (exact) mass is 417 g/mol. The lowest BCUT2D eigenvalue weighted by molar-refractivity contribution is 0.0703. The van der Waals surface area contributed by atoms with Crippen LogP contribution < -0.4 is 4.90 Å². The number of rotatable bonds is 5. The maximum absolute atomic E-state index is 11.7. The third kappa shape index (κ3) is 5.54. The number of aromatic hydroxyl groups is 1. The van der Waals surface area contributed by atoms with Crippen LogP contribution in [0.25, 0.3) is 5.57 Å². The Morgan fingerprint density at radius 1 is 1.32 bits per heavy atom. The molecular weight excluding hydrogens is 394 g/mol. The van der Waals surface area contributed by atoms with Crippen molar-refractivity contribution in [2.75, 3.05) is 18.5 Å². The van der Waals surface area contributed by atoms with E-state index in [1.807, 2.05) is 51.8 Å². The Morgan fingerprint density at radius 3 is 2.54 bits per heavy atom. The first kappa shape index (κ1) is 21.9. The van der Waals surface area contributed by atoms with Crippen LogP contribution in [-0.4, -0.2) is 29.8 Å². The summed E-state index contributed by atoms with van der Waals surface area (Å²) in [7, 11) is 1.83. The van der Waals surface area contributed by atoms with E-state index in [9.17, 15) is 15.0 Å². The number of carboxylic acid groups (broad SMARTS) is 1. The summed E-state index contributed by atoms with van der Waals surface area (Å²) in [5.74, 6) is 5.33. The summed E-state index contributed by atoms with van der Waals surface area (Å²) in [5.41, 5.74) is 1.97. The number of likely N-dealkylation sites (N-methyl/N-ethyl adjacent to an activating group) is 1. The minimum Gasteiger partial charge on any atom is -0.507 e. The van der Waals surface area contributed by atoms with Gasteiger partial charge in [-0.05, 0) is 57.5 Å². The fourth-order valence-corrected chi connectivity index (χ4v) is 3.64. The van der Waals surface area contributed by atoms with Gasteiger partial charge in [0.15, 0.2) is 0 Å². The molecule has 1 aromatic carbocycles. The van der Waals surface area contributed by atoms with E-state index in [2.05, 4.69) is 11.8 Å². The molecule has 0 amide bonds. The summed E-state index contributed by atoms with van der Waals surface area (Å²) in [6, 6.07) is 6.77. The molecule has 0 aliphatic rings. The lowest BCUT2D eigenvalue weighted by Crippen LogP contribution is -2.21. The maximum Gasteiger partial charge on any atom is 0.348 e. The van der Waals surface area contributed by atoms with Crippen molar-refractivity contribution in [3.05, 3.63) is 50.7 Å². The summed E-state index contributed by atoms with van der Waals surface area (Å²) in [5, 5.41) is 20.3. The second-order valence-electron chi connectivity index (χ2n) is 7.46. The quantitative estimate of drug-likeness (QED) is 0.608. The molecule has 1 aromatic heterocycles. The van der Waals surface area contributed by atoms with Gasteiger partial charge in [0, 0.05) is 29.6 Å². The SMILES string of the molecule is CC=C(CN(C)c1cc(C#CC(C)(C)C)sc1C(=O)O)c1ccc(Cl)cc1O. The van der Waals surface area contributed by atoms with E-state index in [0.717, 1.165) is 5.57 Å². The molecule has 0 spiro atoms. The third-order valence-corrected chi connectivity index (χ3v) is 5.20. The van der Waals surface area contributed by atoms with Crippen molar-refractivity contribution in [1.29, 1.82) is 0 Å². The highest BCUT2D eigenvalue weighted by molar-refractivity contribution is 7.15. The van der Waals surface area contributed by atoms with Crippen LogP contribution in [0.5, 0.6) is 5.75 Å². The van der Waals surface area contributed by atoms with Gasteiger partial charge >= 0.3 is 5.97 Å². The minimum atomic E-state index is -0.980.